The summed E-state index contributed by atoms with van der Waals surface area (Å²) in [5.41, 5.74) is 0.408. The fraction of sp³-hybridized carbons (Fsp3) is 0.200. The van der Waals surface area contributed by atoms with Gasteiger partial charge in [-0.1, -0.05) is 0 Å². The van der Waals surface area contributed by atoms with E-state index in [1.54, 1.807) is 30.5 Å². The lowest BCUT2D eigenvalue weighted by Gasteiger charge is -2.12. The zero-order chi connectivity index (χ0) is 17.7. The minimum Gasteiger partial charge on any atom is -0.465 e. The number of anilines is 1. The summed E-state index contributed by atoms with van der Waals surface area (Å²) in [4.78, 5) is 35.1. The van der Waals surface area contributed by atoms with Gasteiger partial charge in [0, 0.05) is 17.0 Å². The highest BCUT2D eigenvalue weighted by molar-refractivity contribution is 8.00. The SMILES string of the molecule is COC(=O)c1sccc1NC(=O)C(C)Sc1ccc([N+](=O)[O-])cc1. The molecule has 0 aliphatic rings. The van der Waals surface area contributed by atoms with Crippen molar-refractivity contribution in [3.8, 4) is 0 Å². The van der Waals surface area contributed by atoms with Crippen molar-refractivity contribution in [2.45, 2.75) is 17.1 Å². The van der Waals surface area contributed by atoms with E-state index in [0.29, 0.717) is 10.6 Å². The van der Waals surface area contributed by atoms with E-state index in [1.807, 2.05) is 0 Å². The van der Waals surface area contributed by atoms with E-state index in [9.17, 15) is 19.7 Å². The quantitative estimate of drug-likeness (QED) is 0.363. The van der Waals surface area contributed by atoms with Crippen molar-refractivity contribution in [2.24, 2.45) is 0 Å². The molecule has 9 heteroatoms. The third kappa shape index (κ3) is 4.33. The standard InChI is InChI=1S/C15H14N2O5S2/c1-9(24-11-5-3-10(4-6-11)17(20)21)14(18)16-12-7-8-23-13(12)15(19)22-2/h3-9H,1-2H3,(H,16,18). The Morgan fingerprint density at radius 1 is 1.29 bits per heavy atom. The molecular formula is C15H14N2O5S2. The number of benzene rings is 1. The highest BCUT2D eigenvalue weighted by atomic mass is 32.2. The average Bonchev–Trinajstić information content (AvgIpc) is 3.02. The third-order valence-electron chi connectivity index (χ3n) is 3.02. The molecule has 2 aromatic rings. The van der Waals surface area contributed by atoms with Crippen LogP contribution in [0.3, 0.4) is 0 Å². The Bertz CT molecular complexity index is 757. The number of thioether (sulfide) groups is 1. The molecule has 0 saturated heterocycles. The van der Waals surface area contributed by atoms with Crippen LogP contribution in [0.2, 0.25) is 0 Å². The van der Waals surface area contributed by atoms with Gasteiger partial charge in [-0.15, -0.1) is 23.1 Å². The predicted octanol–water partition coefficient (Wildman–Crippen LogP) is 3.56. The number of nitro groups is 1. The van der Waals surface area contributed by atoms with Crippen LogP contribution in [0.4, 0.5) is 11.4 Å². The summed E-state index contributed by atoms with van der Waals surface area (Å²) in [6, 6.07) is 7.61. The molecule has 0 saturated carbocycles. The number of methoxy groups -OCH3 is 1. The third-order valence-corrected chi connectivity index (χ3v) is 5.03. The lowest BCUT2D eigenvalue weighted by molar-refractivity contribution is -0.384. The summed E-state index contributed by atoms with van der Waals surface area (Å²) in [6.07, 6.45) is 0. The van der Waals surface area contributed by atoms with E-state index < -0.39 is 16.1 Å². The van der Waals surface area contributed by atoms with Crippen LogP contribution >= 0.6 is 23.1 Å². The summed E-state index contributed by atoms with van der Waals surface area (Å²) in [7, 11) is 1.28. The summed E-state index contributed by atoms with van der Waals surface area (Å²) in [5.74, 6) is -0.780. The van der Waals surface area contributed by atoms with Crippen molar-refractivity contribution >= 4 is 46.3 Å². The first-order valence-corrected chi connectivity index (χ1v) is 8.56. The minimum atomic E-state index is -0.504. The number of carbonyl (C=O) groups excluding carboxylic acids is 2. The Balaban J connectivity index is 2.01. The lowest BCUT2D eigenvalue weighted by atomic mass is 10.3. The fourth-order valence-electron chi connectivity index (χ4n) is 1.80. The first kappa shape index (κ1) is 18.0. The van der Waals surface area contributed by atoms with Gasteiger partial charge in [0.25, 0.3) is 5.69 Å². The second kappa shape index (κ2) is 7.93. The normalized spacial score (nSPS) is 11.6. The summed E-state index contributed by atoms with van der Waals surface area (Å²) in [5, 5.41) is 14.6. The van der Waals surface area contributed by atoms with E-state index in [-0.39, 0.29) is 11.6 Å². The average molecular weight is 366 g/mol. The van der Waals surface area contributed by atoms with Gasteiger partial charge in [-0.3, -0.25) is 14.9 Å². The zero-order valence-corrected chi connectivity index (χ0v) is 14.5. The van der Waals surface area contributed by atoms with Crippen molar-refractivity contribution in [3.63, 3.8) is 0 Å². The van der Waals surface area contributed by atoms with E-state index in [2.05, 4.69) is 10.1 Å². The Kier molecular flexibility index (Phi) is 5.93. The van der Waals surface area contributed by atoms with Gasteiger partial charge in [0.2, 0.25) is 5.91 Å². The molecule has 126 valence electrons. The number of thiophene rings is 1. The Morgan fingerprint density at radius 2 is 1.96 bits per heavy atom. The van der Waals surface area contributed by atoms with Crippen LogP contribution in [0.1, 0.15) is 16.6 Å². The molecule has 1 aromatic heterocycles. The molecule has 7 nitrogen and oxygen atoms in total. The van der Waals surface area contributed by atoms with E-state index in [1.165, 1.54) is 42.3 Å². The van der Waals surface area contributed by atoms with Crippen LogP contribution in [0.15, 0.2) is 40.6 Å². The molecular weight excluding hydrogens is 352 g/mol. The maximum absolute atomic E-state index is 12.3. The molecule has 1 N–H and O–H groups in total. The second-order valence-corrected chi connectivity index (χ2v) is 6.99. The Morgan fingerprint density at radius 3 is 2.54 bits per heavy atom. The number of esters is 1. The molecule has 0 bridgehead atoms. The first-order valence-electron chi connectivity index (χ1n) is 6.80. The highest BCUT2D eigenvalue weighted by Crippen LogP contribution is 2.28. The van der Waals surface area contributed by atoms with Gasteiger partial charge in [-0.25, -0.2) is 4.79 Å². The molecule has 0 aliphatic carbocycles. The number of nitro benzene ring substituents is 1. The van der Waals surface area contributed by atoms with Crippen LogP contribution in [-0.2, 0) is 9.53 Å². The topological polar surface area (TPSA) is 98.5 Å². The summed E-state index contributed by atoms with van der Waals surface area (Å²) < 4.78 is 4.66. The maximum Gasteiger partial charge on any atom is 0.350 e. The second-order valence-electron chi connectivity index (χ2n) is 4.66. The molecule has 2 rings (SSSR count). The smallest absolute Gasteiger partial charge is 0.350 e. The number of carbonyl (C=O) groups is 2. The number of non-ortho nitro benzene ring substituents is 1. The van der Waals surface area contributed by atoms with E-state index in [4.69, 9.17) is 0 Å². The van der Waals surface area contributed by atoms with Crippen LogP contribution in [0.25, 0.3) is 0 Å². The van der Waals surface area contributed by atoms with Crippen LogP contribution in [0, 0.1) is 10.1 Å². The molecule has 0 fully saturated rings. The molecule has 0 spiro atoms. The molecule has 1 amide bonds. The number of nitrogens with one attached hydrogen (secondary N) is 1. The van der Waals surface area contributed by atoms with Gasteiger partial charge < -0.3 is 10.1 Å². The number of nitrogens with zero attached hydrogens (tertiary/aromatic N) is 1. The minimum absolute atomic E-state index is 0.00236. The number of ether oxygens (including phenoxy) is 1. The van der Waals surface area contributed by atoms with Crippen LogP contribution in [-0.4, -0.2) is 29.2 Å². The van der Waals surface area contributed by atoms with Gasteiger partial charge in [-0.2, -0.15) is 0 Å². The van der Waals surface area contributed by atoms with Crippen molar-refractivity contribution in [3.05, 3.63) is 50.7 Å². The molecule has 0 radical (unpaired) electrons. The summed E-state index contributed by atoms with van der Waals surface area (Å²) in [6.45, 7) is 1.71. The van der Waals surface area contributed by atoms with Crippen LogP contribution < -0.4 is 5.32 Å². The number of rotatable bonds is 6. The Labute approximate surface area is 146 Å². The van der Waals surface area contributed by atoms with Crippen LogP contribution in [0.5, 0.6) is 0 Å². The molecule has 1 unspecified atom stereocenters. The van der Waals surface area contributed by atoms with Gasteiger partial charge in [0.15, 0.2) is 0 Å². The number of hydrogen-bond acceptors (Lipinski definition) is 7. The lowest BCUT2D eigenvalue weighted by Crippen LogP contribution is -2.23. The van der Waals surface area contributed by atoms with E-state index in [0.717, 1.165) is 4.90 Å². The first-order chi connectivity index (χ1) is 11.4. The highest BCUT2D eigenvalue weighted by Gasteiger charge is 2.20. The summed E-state index contributed by atoms with van der Waals surface area (Å²) >= 11 is 2.45. The van der Waals surface area contributed by atoms with Gasteiger partial charge in [0.1, 0.15) is 4.88 Å². The largest absolute Gasteiger partial charge is 0.465 e. The molecule has 0 aliphatic heterocycles. The molecule has 1 atom stereocenters. The van der Waals surface area contributed by atoms with Crippen molar-refractivity contribution in [1.29, 1.82) is 0 Å². The fourth-order valence-corrected chi connectivity index (χ4v) is 3.43. The predicted molar refractivity (Wildman–Crippen MR) is 92.7 cm³/mol. The van der Waals surface area contributed by atoms with Gasteiger partial charge in [-0.05, 0) is 30.5 Å². The maximum atomic E-state index is 12.3. The van der Waals surface area contributed by atoms with Crippen molar-refractivity contribution in [2.75, 3.05) is 12.4 Å². The van der Waals surface area contributed by atoms with Gasteiger partial charge >= 0.3 is 5.97 Å². The molecule has 1 heterocycles. The molecule has 24 heavy (non-hydrogen) atoms. The van der Waals surface area contributed by atoms with E-state index >= 15 is 0 Å². The zero-order valence-electron chi connectivity index (χ0n) is 12.8. The number of hydrogen-bond donors (Lipinski definition) is 1. The Hall–Kier alpha value is -2.39. The molecule has 1 aromatic carbocycles. The number of amides is 1. The monoisotopic (exact) mass is 366 g/mol. The van der Waals surface area contributed by atoms with Crippen molar-refractivity contribution in [1.82, 2.24) is 0 Å². The van der Waals surface area contributed by atoms with Gasteiger partial charge in [0.05, 0.1) is 23.0 Å². The van der Waals surface area contributed by atoms with Crippen molar-refractivity contribution < 1.29 is 19.2 Å².